The van der Waals surface area contributed by atoms with Crippen LogP contribution in [0.25, 0.3) is 0 Å². The van der Waals surface area contributed by atoms with Gasteiger partial charge in [0.1, 0.15) is 5.75 Å². The molecule has 0 radical (unpaired) electrons. The minimum Gasteiger partial charge on any atom is -0.506 e. The lowest BCUT2D eigenvalue weighted by Gasteiger charge is -2.14. The summed E-state index contributed by atoms with van der Waals surface area (Å²) in [4.78, 5) is 11.6. The summed E-state index contributed by atoms with van der Waals surface area (Å²) >= 11 is 3.31. The van der Waals surface area contributed by atoms with Gasteiger partial charge < -0.3 is 19.9 Å². The fraction of sp³-hybridized carbons (Fsp3) is 0.211. The van der Waals surface area contributed by atoms with Gasteiger partial charge in [0, 0.05) is 11.3 Å². The number of carbonyl (C=O) groups is 1. The highest BCUT2D eigenvalue weighted by atomic mass is 79.9. The third-order valence-corrected chi connectivity index (χ3v) is 4.43. The van der Waals surface area contributed by atoms with E-state index >= 15 is 0 Å². The van der Waals surface area contributed by atoms with Crippen LogP contribution >= 0.6 is 15.9 Å². The second-order valence-electron chi connectivity index (χ2n) is 5.30. The van der Waals surface area contributed by atoms with Crippen molar-refractivity contribution in [3.05, 3.63) is 58.6 Å². The van der Waals surface area contributed by atoms with Crippen molar-refractivity contribution in [1.29, 1.82) is 0 Å². The summed E-state index contributed by atoms with van der Waals surface area (Å²) in [6.07, 6.45) is 2.38. The number of hydrogen-bond acceptors (Lipinski definition) is 4. The van der Waals surface area contributed by atoms with E-state index in [4.69, 9.17) is 9.47 Å². The van der Waals surface area contributed by atoms with E-state index in [0.717, 1.165) is 5.56 Å². The van der Waals surface area contributed by atoms with Crippen LogP contribution in [0.1, 0.15) is 11.1 Å². The first-order chi connectivity index (χ1) is 12.0. The number of aromatic hydroxyl groups is 1. The molecule has 2 aromatic carbocycles. The lowest BCUT2D eigenvalue weighted by Crippen LogP contribution is -2.10. The van der Waals surface area contributed by atoms with Crippen molar-refractivity contribution in [1.82, 2.24) is 0 Å². The first kappa shape index (κ1) is 18.9. The molecule has 0 spiro atoms. The summed E-state index contributed by atoms with van der Waals surface area (Å²) in [6, 6.07) is 9.12. The summed E-state index contributed by atoms with van der Waals surface area (Å²) in [7, 11) is 3.18. The number of aryl methyl sites for hydroxylation is 1. The number of amides is 1. The van der Waals surface area contributed by atoms with Gasteiger partial charge in [-0.2, -0.15) is 0 Å². The van der Waals surface area contributed by atoms with E-state index in [2.05, 4.69) is 27.8 Å². The number of carbonyl (C=O) groups excluding carboxylic acids is 1. The molecule has 0 bridgehead atoms. The molecular weight excluding hydrogens is 386 g/mol. The summed E-state index contributed by atoms with van der Waals surface area (Å²) < 4.78 is 11.1. The smallest absolute Gasteiger partial charge is 0.247 e. The van der Waals surface area contributed by atoms with Gasteiger partial charge in [0.2, 0.25) is 5.91 Å². The summed E-state index contributed by atoms with van der Waals surface area (Å²) in [5, 5.41) is 13.1. The fourth-order valence-electron chi connectivity index (χ4n) is 2.47. The van der Waals surface area contributed by atoms with E-state index in [-0.39, 0.29) is 11.7 Å². The van der Waals surface area contributed by atoms with E-state index in [0.29, 0.717) is 40.1 Å². The van der Waals surface area contributed by atoms with Crippen LogP contribution in [0.15, 0.2) is 47.5 Å². The average molecular weight is 406 g/mol. The highest BCUT2D eigenvalue weighted by molar-refractivity contribution is 9.10. The van der Waals surface area contributed by atoms with Crippen LogP contribution in [0.3, 0.4) is 0 Å². The quantitative estimate of drug-likeness (QED) is 0.680. The summed E-state index contributed by atoms with van der Waals surface area (Å²) in [5.41, 5.74) is 2.24. The van der Waals surface area contributed by atoms with Gasteiger partial charge in [0.15, 0.2) is 11.5 Å². The van der Waals surface area contributed by atoms with Crippen molar-refractivity contribution in [3.8, 4) is 17.2 Å². The number of phenolic OH excluding ortho intramolecular Hbond substituents is 1. The Morgan fingerprint density at radius 1 is 1.20 bits per heavy atom. The third-order valence-electron chi connectivity index (χ3n) is 3.79. The molecular formula is C19H20BrNO4. The van der Waals surface area contributed by atoms with Gasteiger partial charge in [-0.25, -0.2) is 0 Å². The van der Waals surface area contributed by atoms with Crippen molar-refractivity contribution < 1.29 is 19.4 Å². The van der Waals surface area contributed by atoms with Gasteiger partial charge >= 0.3 is 0 Å². The van der Waals surface area contributed by atoms with Gasteiger partial charge in [-0.05, 0) is 64.7 Å². The molecule has 0 heterocycles. The Balaban J connectivity index is 2.26. The van der Waals surface area contributed by atoms with Crippen molar-refractivity contribution in [2.24, 2.45) is 0 Å². The van der Waals surface area contributed by atoms with Crippen LogP contribution in [0, 0.1) is 0 Å². The summed E-state index contributed by atoms with van der Waals surface area (Å²) in [6.45, 7) is 3.45. The predicted molar refractivity (Wildman–Crippen MR) is 102 cm³/mol. The molecule has 0 aliphatic carbocycles. The minimum atomic E-state index is -0.325. The molecule has 0 aliphatic heterocycles. The SMILES string of the molecule is C=CC(=O)Nc1ccc(Br)c(O)c1CCc1ccc(OC)c(OC)c1. The molecule has 0 aliphatic rings. The van der Waals surface area contributed by atoms with Crippen LogP contribution in [0.4, 0.5) is 5.69 Å². The number of rotatable bonds is 7. The molecule has 0 fully saturated rings. The monoisotopic (exact) mass is 405 g/mol. The Morgan fingerprint density at radius 3 is 2.56 bits per heavy atom. The van der Waals surface area contributed by atoms with E-state index in [9.17, 15) is 9.90 Å². The van der Waals surface area contributed by atoms with Crippen LogP contribution in [0.2, 0.25) is 0 Å². The zero-order valence-electron chi connectivity index (χ0n) is 14.1. The standard InChI is InChI=1S/C19H20BrNO4/c1-4-18(22)21-15-9-8-14(20)19(23)13(15)7-5-12-6-10-16(24-2)17(11-12)25-3/h4,6,8-11,23H,1,5,7H2,2-3H3,(H,21,22). The maximum absolute atomic E-state index is 11.6. The van der Waals surface area contributed by atoms with Crippen LogP contribution in [0.5, 0.6) is 17.2 Å². The lowest BCUT2D eigenvalue weighted by atomic mass is 10.0. The van der Waals surface area contributed by atoms with Gasteiger partial charge in [-0.3, -0.25) is 4.79 Å². The molecule has 0 atom stereocenters. The zero-order valence-corrected chi connectivity index (χ0v) is 15.7. The zero-order chi connectivity index (χ0) is 18.4. The Hall–Kier alpha value is -2.47. The Bertz CT molecular complexity index is 789. The molecule has 0 aromatic heterocycles. The van der Waals surface area contributed by atoms with Gasteiger partial charge in [0.05, 0.1) is 18.7 Å². The normalized spacial score (nSPS) is 10.2. The molecule has 6 heteroatoms. The predicted octanol–water partition coefficient (Wildman–Crippen LogP) is 4.08. The number of hydrogen-bond donors (Lipinski definition) is 2. The topological polar surface area (TPSA) is 67.8 Å². The van der Waals surface area contributed by atoms with Crippen LogP contribution in [-0.4, -0.2) is 25.2 Å². The largest absolute Gasteiger partial charge is 0.506 e. The number of ether oxygens (including phenoxy) is 2. The molecule has 25 heavy (non-hydrogen) atoms. The molecule has 2 aromatic rings. The first-order valence-electron chi connectivity index (χ1n) is 7.64. The second-order valence-corrected chi connectivity index (χ2v) is 6.16. The van der Waals surface area contributed by atoms with Crippen molar-refractivity contribution >= 4 is 27.5 Å². The number of nitrogens with one attached hydrogen (secondary N) is 1. The molecule has 0 saturated heterocycles. The number of halogens is 1. The fourth-order valence-corrected chi connectivity index (χ4v) is 2.84. The van der Waals surface area contributed by atoms with Gasteiger partial charge in [0.25, 0.3) is 0 Å². The molecule has 5 nitrogen and oxygen atoms in total. The molecule has 132 valence electrons. The highest BCUT2D eigenvalue weighted by Crippen LogP contribution is 2.35. The van der Waals surface area contributed by atoms with Crippen molar-refractivity contribution in [3.63, 3.8) is 0 Å². The van der Waals surface area contributed by atoms with Crippen LogP contribution < -0.4 is 14.8 Å². The van der Waals surface area contributed by atoms with E-state index in [1.807, 2.05) is 18.2 Å². The second kappa shape index (κ2) is 8.58. The van der Waals surface area contributed by atoms with E-state index in [1.165, 1.54) is 6.08 Å². The highest BCUT2D eigenvalue weighted by Gasteiger charge is 2.14. The Kier molecular flexibility index (Phi) is 6.47. The number of anilines is 1. The average Bonchev–Trinajstić information content (AvgIpc) is 2.63. The summed E-state index contributed by atoms with van der Waals surface area (Å²) in [5.74, 6) is 1.10. The maximum Gasteiger partial charge on any atom is 0.247 e. The third kappa shape index (κ3) is 4.54. The number of benzene rings is 2. The molecule has 0 saturated carbocycles. The maximum atomic E-state index is 11.6. The van der Waals surface area contributed by atoms with Crippen LogP contribution in [-0.2, 0) is 17.6 Å². The molecule has 2 N–H and O–H groups in total. The van der Waals surface area contributed by atoms with E-state index in [1.54, 1.807) is 26.4 Å². The van der Waals surface area contributed by atoms with Gasteiger partial charge in [-0.15, -0.1) is 0 Å². The molecule has 1 amide bonds. The first-order valence-corrected chi connectivity index (χ1v) is 8.44. The van der Waals surface area contributed by atoms with Gasteiger partial charge in [-0.1, -0.05) is 12.6 Å². The number of methoxy groups -OCH3 is 2. The Morgan fingerprint density at radius 2 is 1.92 bits per heavy atom. The molecule has 2 rings (SSSR count). The number of phenols is 1. The lowest BCUT2D eigenvalue weighted by molar-refractivity contribution is -0.111. The van der Waals surface area contributed by atoms with Crippen molar-refractivity contribution in [2.45, 2.75) is 12.8 Å². The molecule has 0 unspecified atom stereocenters. The van der Waals surface area contributed by atoms with E-state index < -0.39 is 0 Å². The van der Waals surface area contributed by atoms with Crippen molar-refractivity contribution in [2.75, 3.05) is 19.5 Å². The minimum absolute atomic E-state index is 0.113. The Labute approximate surface area is 155 Å².